The summed E-state index contributed by atoms with van der Waals surface area (Å²) in [6.45, 7) is 1.04. The Morgan fingerprint density at radius 2 is 1.33 bits per heavy atom. The summed E-state index contributed by atoms with van der Waals surface area (Å²) >= 11 is 0. The van der Waals surface area contributed by atoms with Crippen molar-refractivity contribution in [2.24, 2.45) is 0 Å². The smallest absolute Gasteiger partial charge is 0.406 e. The van der Waals surface area contributed by atoms with Gasteiger partial charge in [-0.3, -0.25) is 9.59 Å². The minimum Gasteiger partial charge on any atom is -0.406 e. The van der Waals surface area contributed by atoms with E-state index >= 15 is 0 Å². The first kappa shape index (κ1) is 26.2. The Kier molecular flexibility index (Phi) is 10.2. The number of carbonyl (C=O) groups excluding carboxylic acids is 2. The first-order valence-electron chi connectivity index (χ1n) is 10.8. The largest absolute Gasteiger partial charge is 0.573 e. The SMILES string of the molecule is CN(C)C(CCCNC(=O)c1ccccc1)CCCNC(=O)c1ccc(OC(F)(F)F)cc1. The highest BCUT2D eigenvalue weighted by Crippen LogP contribution is 2.22. The number of nitrogens with zero attached hydrogens (tertiary/aromatic N) is 1. The van der Waals surface area contributed by atoms with E-state index in [1.54, 1.807) is 12.1 Å². The van der Waals surface area contributed by atoms with Gasteiger partial charge in [-0.1, -0.05) is 18.2 Å². The maximum absolute atomic E-state index is 12.2. The summed E-state index contributed by atoms with van der Waals surface area (Å²) in [6, 6.07) is 14.2. The van der Waals surface area contributed by atoms with Crippen LogP contribution in [0.2, 0.25) is 0 Å². The molecule has 0 heterocycles. The van der Waals surface area contributed by atoms with Gasteiger partial charge in [-0.2, -0.15) is 0 Å². The quantitative estimate of drug-likeness (QED) is 0.460. The van der Waals surface area contributed by atoms with Crippen LogP contribution in [0, 0.1) is 0 Å². The zero-order valence-electron chi connectivity index (χ0n) is 18.8. The van der Waals surface area contributed by atoms with Gasteiger partial charge in [-0.05, 0) is 76.2 Å². The van der Waals surface area contributed by atoms with Crippen LogP contribution in [0.25, 0.3) is 0 Å². The summed E-state index contributed by atoms with van der Waals surface area (Å²) in [5.41, 5.74) is 0.905. The molecule has 2 aromatic carbocycles. The van der Waals surface area contributed by atoms with E-state index in [1.807, 2.05) is 32.3 Å². The van der Waals surface area contributed by atoms with Crippen molar-refractivity contribution in [2.45, 2.75) is 38.1 Å². The molecule has 0 saturated carbocycles. The third-order valence-electron chi connectivity index (χ3n) is 5.12. The third kappa shape index (κ3) is 9.95. The number of ether oxygens (including phenoxy) is 1. The van der Waals surface area contributed by atoms with Crippen LogP contribution in [0.4, 0.5) is 13.2 Å². The Hall–Kier alpha value is -3.07. The summed E-state index contributed by atoms with van der Waals surface area (Å²) in [5.74, 6) is -0.802. The first-order chi connectivity index (χ1) is 15.7. The van der Waals surface area contributed by atoms with E-state index in [2.05, 4.69) is 20.3 Å². The fourth-order valence-corrected chi connectivity index (χ4v) is 3.34. The molecule has 0 bridgehead atoms. The second kappa shape index (κ2) is 12.8. The molecular formula is C24H30F3N3O3. The van der Waals surface area contributed by atoms with Crippen molar-refractivity contribution >= 4 is 11.8 Å². The molecule has 1 unspecified atom stereocenters. The van der Waals surface area contributed by atoms with Crippen LogP contribution in [0.15, 0.2) is 54.6 Å². The number of rotatable bonds is 12. The lowest BCUT2D eigenvalue weighted by Gasteiger charge is -2.24. The molecular weight excluding hydrogens is 435 g/mol. The van der Waals surface area contributed by atoms with E-state index in [0.717, 1.165) is 37.8 Å². The molecule has 0 saturated heterocycles. The molecule has 6 nitrogen and oxygen atoms in total. The van der Waals surface area contributed by atoms with Gasteiger partial charge in [0.25, 0.3) is 11.8 Å². The number of hydrogen-bond donors (Lipinski definition) is 2. The van der Waals surface area contributed by atoms with Crippen LogP contribution in [-0.2, 0) is 0 Å². The van der Waals surface area contributed by atoms with Crippen molar-refractivity contribution in [2.75, 3.05) is 27.2 Å². The van der Waals surface area contributed by atoms with Gasteiger partial charge in [0, 0.05) is 30.3 Å². The number of carbonyl (C=O) groups is 2. The Labute approximate surface area is 192 Å². The second-order valence-electron chi connectivity index (χ2n) is 7.85. The van der Waals surface area contributed by atoms with Crippen molar-refractivity contribution in [3.8, 4) is 5.75 Å². The fraction of sp³-hybridized carbons (Fsp3) is 0.417. The molecule has 0 aliphatic rings. The summed E-state index contributed by atoms with van der Waals surface area (Å²) in [6.07, 6.45) is -1.42. The zero-order chi connectivity index (χ0) is 24.3. The van der Waals surface area contributed by atoms with Gasteiger partial charge >= 0.3 is 6.36 Å². The molecule has 0 radical (unpaired) electrons. The van der Waals surface area contributed by atoms with Crippen molar-refractivity contribution in [1.29, 1.82) is 0 Å². The average Bonchev–Trinajstić information content (AvgIpc) is 2.77. The maximum Gasteiger partial charge on any atom is 0.573 e. The Bertz CT molecular complexity index is 872. The fourth-order valence-electron chi connectivity index (χ4n) is 3.34. The second-order valence-corrected chi connectivity index (χ2v) is 7.85. The molecule has 0 spiro atoms. The zero-order valence-corrected chi connectivity index (χ0v) is 18.8. The first-order valence-corrected chi connectivity index (χ1v) is 10.8. The van der Waals surface area contributed by atoms with Gasteiger partial charge in [-0.25, -0.2) is 0 Å². The maximum atomic E-state index is 12.2. The van der Waals surface area contributed by atoms with Gasteiger partial charge in [0.05, 0.1) is 0 Å². The molecule has 2 N–H and O–H groups in total. The van der Waals surface area contributed by atoms with Gasteiger partial charge < -0.3 is 20.3 Å². The average molecular weight is 466 g/mol. The number of benzene rings is 2. The molecule has 2 rings (SSSR count). The normalized spacial score (nSPS) is 12.3. The Morgan fingerprint density at radius 1 is 0.848 bits per heavy atom. The van der Waals surface area contributed by atoms with Crippen molar-refractivity contribution in [1.82, 2.24) is 15.5 Å². The van der Waals surface area contributed by atoms with Gasteiger partial charge in [0.15, 0.2) is 0 Å². The summed E-state index contributed by atoms with van der Waals surface area (Å²) in [4.78, 5) is 26.4. The molecule has 9 heteroatoms. The van der Waals surface area contributed by atoms with Crippen LogP contribution < -0.4 is 15.4 Å². The molecule has 33 heavy (non-hydrogen) atoms. The predicted octanol–water partition coefficient (Wildman–Crippen LogP) is 4.24. The van der Waals surface area contributed by atoms with Crippen LogP contribution in [0.5, 0.6) is 5.75 Å². The minimum atomic E-state index is -4.76. The monoisotopic (exact) mass is 465 g/mol. The van der Waals surface area contributed by atoms with Crippen molar-refractivity contribution in [3.63, 3.8) is 0 Å². The van der Waals surface area contributed by atoms with E-state index in [9.17, 15) is 22.8 Å². The molecule has 2 amide bonds. The molecule has 0 aliphatic carbocycles. The Morgan fingerprint density at radius 3 is 1.79 bits per heavy atom. The lowest BCUT2D eigenvalue weighted by Crippen LogP contribution is -2.32. The van der Waals surface area contributed by atoms with E-state index in [0.29, 0.717) is 24.7 Å². The predicted molar refractivity (Wildman–Crippen MR) is 120 cm³/mol. The summed E-state index contributed by atoms with van der Waals surface area (Å²) in [7, 11) is 3.99. The van der Waals surface area contributed by atoms with E-state index < -0.39 is 6.36 Å². The minimum absolute atomic E-state index is 0.0854. The van der Waals surface area contributed by atoms with Gasteiger partial charge in [0.2, 0.25) is 0 Å². The molecule has 1 atom stereocenters. The highest BCUT2D eigenvalue weighted by atomic mass is 19.4. The lowest BCUT2D eigenvalue weighted by molar-refractivity contribution is -0.274. The summed E-state index contributed by atoms with van der Waals surface area (Å²) < 4.78 is 40.4. The molecule has 0 aromatic heterocycles. The van der Waals surface area contributed by atoms with Crippen molar-refractivity contribution in [3.05, 3.63) is 65.7 Å². The highest BCUT2D eigenvalue weighted by Gasteiger charge is 2.31. The third-order valence-corrected chi connectivity index (χ3v) is 5.12. The van der Waals surface area contributed by atoms with E-state index in [-0.39, 0.29) is 23.1 Å². The molecule has 2 aromatic rings. The van der Waals surface area contributed by atoms with Crippen molar-refractivity contribution < 1.29 is 27.5 Å². The molecule has 0 aliphatic heterocycles. The summed E-state index contributed by atoms with van der Waals surface area (Å²) in [5, 5.41) is 5.71. The van der Waals surface area contributed by atoms with Crippen LogP contribution in [0.3, 0.4) is 0 Å². The lowest BCUT2D eigenvalue weighted by atomic mass is 10.0. The molecule has 180 valence electrons. The number of nitrogens with one attached hydrogen (secondary N) is 2. The van der Waals surface area contributed by atoms with Crippen LogP contribution >= 0.6 is 0 Å². The van der Waals surface area contributed by atoms with Crippen LogP contribution in [0.1, 0.15) is 46.4 Å². The number of alkyl halides is 3. The topological polar surface area (TPSA) is 70.7 Å². The molecule has 0 fully saturated rings. The Balaban J connectivity index is 1.67. The number of amides is 2. The number of hydrogen-bond acceptors (Lipinski definition) is 4. The van der Waals surface area contributed by atoms with Crippen LogP contribution in [-0.4, -0.2) is 56.3 Å². The van der Waals surface area contributed by atoms with Gasteiger partial charge in [-0.15, -0.1) is 13.2 Å². The highest BCUT2D eigenvalue weighted by molar-refractivity contribution is 5.94. The standard InChI is InChI=1S/C24H30F3N3O3/c1-30(2)20(10-6-16-28-22(31)18-8-4-3-5-9-18)11-7-17-29-23(32)19-12-14-21(15-13-19)33-24(25,26)27/h3-5,8-9,12-15,20H,6-7,10-11,16-17H2,1-2H3,(H,28,31)(H,29,32). The van der Waals surface area contributed by atoms with E-state index in [4.69, 9.17) is 0 Å². The number of halogens is 3. The van der Waals surface area contributed by atoms with Gasteiger partial charge in [0.1, 0.15) is 5.75 Å². The van der Waals surface area contributed by atoms with E-state index in [1.165, 1.54) is 12.1 Å².